The summed E-state index contributed by atoms with van der Waals surface area (Å²) < 4.78 is 21.5. The van der Waals surface area contributed by atoms with Gasteiger partial charge >= 0.3 is 0 Å². The van der Waals surface area contributed by atoms with Gasteiger partial charge in [0.05, 0.1) is 0 Å². The lowest BCUT2D eigenvalue weighted by molar-refractivity contribution is 0.0619. The average molecular weight is 491 g/mol. The largest absolute Gasteiger partial charge is 0.471 e. The highest BCUT2D eigenvalue weighted by atomic mass is 35.5. The Labute approximate surface area is 202 Å². The van der Waals surface area contributed by atoms with Gasteiger partial charge in [0.2, 0.25) is 0 Å². The number of aryl methyl sites for hydroxylation is 2. The first-order valence-corrected chi connectivity index (χ1v) is 11.4. The number of nitrogens with zero attached hydrogens (tertiary/aromatic N) is 4. The topological polar surface area (TPSA) is 50.6 Å². The van der Waals surface area contributed by atoms with Crippen LogP contribution in [0.5, 0.6) is 5.75 Å². The average Bonchev–Trinajstić information content (AvgIpc) is 3.27. The fourth-order valence-corrected chi connectivity index (χ4v) is 4.19. The Balaban J connectivity index is 1.31. The minimum Gasteiger partial charge on any atom is -0.471 e. The van der Waals surface area contributed by atoms with E-state index in [1.165, 1.54) is 6.07 Å². The number of rotatable bonds is 6. The van der Waals surface area contributed by atoms with Crippen LogP contribution in [0.2, 0.25) is 10.0 Å². The molecule has 0 radical (unpaired) electrons. The normalized spacial score (nSPS) is 14.5. The maximum Gasteiger partial charge on any atom is 0.274 e. The maximum absolute atomic E-state index is 14.1. The standard InChI is InChI=1S/C24H25Cl2FN4O2/c1-16-12-18(13-17(2)23(16)26)33-15-31-7-6-22(28-31)24(32)30-10-8-29(9-11-30)14-19-20(25)4-3-5-21(19)27/h3-7,12-13H,8-11,14-15H2,1-2H3. The second-order valence-corrected chi connectivity index (χ2v) is 8.94. The van der Waals surface area contributed by atoms with Crippen LogP contribution in [0.3, 0.4) is 0 Å². The van der Waals surface area contributed by atoms with Crippen LogP contribution in [0.1, 0.15) is 27.2 Å². The molecule has 0 aliphatic carbocycles. The molecule has 3 aromatic rings. The zero-order valence-corrected chi connectivity index (χ0v) is 20.0. The van der Waals surface area contributed by atoms with Crippen molar-refractivity contribution in [1.82, 2.24) is 19.6 Å². The summed E-state index contributed by atoms with van der Waals surface area (Å²) >= 11 is 12.3. The number of carbonyl (C=O) groups is 1. The zero-order valence-electron chi connectivity index (χ0n) is 18.5. The molecule has 174 valence electrons. The lowest BCUT2D eigenvalue weighted by atomic mass is 10.1. The Bertz CT molecular complexity index is 1120. The number of amides is 1. The van der Waals surface area contributed by atoms with Gasteiger partial charge in [-0.15, -0.1) is 0 Å². The number of halogens is 3. The molecule has 1 aliphatic rings. The molecule has 33 heavy (non-hydrogen) atoms. The first-order valence-electron chi connectivity index (χ1n) is 10.7. The number of benzene rings is 2. The van der Waals surface area contributed by atoms with E-state index in [4.69, 9.17) is 27.9 Å². The van der Waals surface area contributed by atoms with Crippen molar-refractivity contribution in [3.63, 3.8) is 0 Å². The molecule has 0 N–H and O–H groups in total. The second kappa shape index (κ2) is 10.1. The quantitative estimate of drug-likeness (QED) is 0.490. The van der Waals surface area contributed by atoms with Crippen LogP contribution in [0.4, 0.5) is 4.39 Å². The summed E-state index contributed by atoms with van der Waals surface area (Å²) in [5.74, 6) is 0.261. The van der Waals surface area contributed by atoms with E-state index in [9.17, 15) is 9.18 Å². The van der Waals surface area contributed by atoms with Gasteiger partial charge in [0, 0.05) is 54.5 Å². The van der Waals surface area contributed by atoms with Gasteiger partial charge in [0.15, 0.2) is 12.4 Å². The van der Waals surface area contributed by atoms with Crippen LogP contribution in [-0.4, -0.2) is 51.7 Å². The Morgan fingerprint density at radius 3 is 2.45 bits per heavy atom. The van der Waals surface area contributed by atoms with Crippen molar-refractivity contribution in [3.8, 4) is 5.75 Å². The van der Waals surface area contributed by atoms with Crippen molar-refractivity contribution in [3.05, 3.63) is 80.8 Å². The first kappa shape index (κ1) is 23.5. The monoisotopic (exact) mass is 490 g/mol. The summed E-state index contributed by atoms with van der Waals surface area (Å²) in [5.41, 5.74) is 2.75. The van der Waals surface area contributed by atoms with E-state index in [1.54, 1.807) is 34.0 Å². The van der Waals surface area contributed by atoms with E-state index < -0.39 is 0 Å². The number of piperazine rings is 1. The lowest BCUT2D eigenvalue weighted by Gasteiger charge is -2.34. The molecule has 4 rings (SSSR count). The number of hydrogen-bond acceptors (Lipinski definition) is 4. The molecule has 1 fully saturated rings. The molecule has 1 amide bonds. The molecule has 2 heterocycles. The molecule has 0 atom stereocenters. The maximum atomic E-state index is 14.1. The Kier molecular flexibility index (Phi) is 7.22. The molecule has 0 spiro atoms. The molecule has 1 aromatic heterocycles. The van der Waals surface area contributed by atoms with E-state index >= 15 is 0 Å². The summed E-state index contributed by atoms with van der Waals surface area (Å²) in [7, 11) is 0. The molecule has 0 unspecified atom stereocenters. The summed E-state index contributed by atoms with van der Waals surface area (Å²) in [6.07, 6.45) is 1.72. The van der Waals surface area contributed by atoms with Crippen LogP contribution < -0.4 is 4.74 Å². The van der Waals surface area contributed by atoms with E-state index in [-0.39, 0.29) is 18.5 Å². The fourth-order valence-electron chi connectivity index (χ4n) is 3.86. The number of hydrogen-bond donors (Lipinski definition) is 0. The van der Waals surface area contributed by atoms with Gasteiger partial charge in [0.1, 0.15) is 11.6 Å². The third-order valence-electron chi connectivity index (χ3n) is 5.74. The van der Waals surface area contributed by atoms with Gasteiger partial charge in [0.25, 0.3) is 5.91 Å². The highest BCUT2D eigenvalue weighted by molar-refractivity contribution is 6.32. The zero-order chi connectivity index (χ0) is 23.5. The van der Waals surface area contributed by atoms with Crippen LogP contribution in [0.25, 0.3) is 0 Å². The predicted molar refractivity (Wildman–Crippen MR) is 126 cm³/mol. The highest BCUT2D eigenvalue weighted by Crippen LogP contribution is 2.26. The van der Waals surface area contributed by atoms with Crippen molar-refractivity contribution in [2.24, 2.45) is 0 Å². The predicted octanol–water partition coefficient (Wildman–Crippen LogP) is 4.94. The highest BCUT2D eigenvalue weighted by Gasteiger charge is 2.24. The SMILES string of the molecule is Cc1cc(OCn2ccc(C(=O)N3CCN(Cc4c(F)cccc4Cl)CC3)n2)cc(C)c1Cl. The third-order valence-corrected chi connectivity index (χ3v) is 6.69. The summed E-state index contributed by atoms with van der Waals surface area (Å²) in [4.78, 5) is 16.7. The van der Waals surface area contributed by atoms with E-state index in [1.807, 2.05) is 26.0 Å². The molecule has 9 heteroatoms. The fraction of sp³-hybridized carbons (Fsp3) is 0.333. The molecule has 1 saturated heterocycles. The molecule has 0 saturated carbocycles. The third kappa shape index (κ3) is 5.49. The minimum absolute atomic E-state index is 0.129. The Hall–Kier alpha value is -2.61. The van der Waals surface area contributed by atoms with E-state index in [0.717, 1.165) is 16.1 Å². The van der Waals surface area contributed by atoms with Crippen molar-refractivity contribution in [2.45, 2.75) is 27.1 Å². The minimum atomic E-state index is -0.308. The van der Waals surface area contributed by atoms with E-state index in [2.05, 4.69) is 10.00 Å². The van der Waals surface area contributed by atoms with Gasteiger partial charge in [-0.1, -0.05) is 29.3 Å². The van der Waals surface area contributed by atoms with Crippen LogP contribution in [-0.2, 0) is 13.3 Å². The molecule has 1 aliphatic heterocycles. The van der Waals surface area contributed by atoms with Gasteiger partial charge < -0.3 is 9.64 Å². The Morgan fingerprint density at radius 1 is 1.09 bits per heavy atom. The van der Waals surface area contributed by atoms with Crippen molar-refractivity contribution in [2.75, 3.05) is 26.2 Å². The first-order chi connectivity index (χ1) is 15.8. The molecule has 0 bridgehead atoms. The number of carbonyl (C=O) groups excluding carboxylic acids is 1. The summed E-state index contributed by atoms with van der Waals surface area (Å²) in [6, 6.07) is 10.1. The van der Waals surface area contributed by atoms with Crippen LogP contribution in [0, 0.1) is 19.7 Å². The van der Waals surface area contributed by atoms with Gasteiger partial charge in [-0.05, 0) is 55.3 Å². The number of ether oxygens (including phenoxy) is 1. The molecular weight excluding hydrogens is 466 g/mol. The van der Waals surface area contributed by atoms with Crippen molar-refractivity contribution in [1.29, 1.82) is 0 Å². The number of aromatic nitrogens is 2. The smallest absolute Gasteiger partial charge is 0.274 e. The molecular formula is C24H25Cl2FN4O2. The van der Waals surface area contributed by atoms with Gasteiger partial charge in [-0.3, -0.25) is 9.69 Å². The molecule has 6 nitrogen and oxygen atoms in total. The van der Waals surface area contributed by atoms with Crippen molar-refractivity contribution < 1.29 is 13.9 Å². The Morgan fingerprint density at radius 2 is 1.79 bits per heavy atom. The van der Waals surface area contributed by atoms with Gasteiger partial charge in [-0.2, -0.15) is 5.10 Å². The lowest BCUT2D eigenvalue weighted by Crippen LogP contribution is -2.48. The van der Waals surface area contributed by atoms with E-state index in [0.29, 0.717) is 54.8 Å². The summed E-state index contributed by atoms with van der Waals surface area (Å²) in [6.45, 7) is 6.81. The second-order valence-electron chi connectivity index (χ2n) is 8.15. The van der Waals surface area contributed by atoms with Gasteiger partial charge in [-0.25, -0.2) is 9.07 Å². The van der Waals surface area contributed by atoms with Crippen molar-refractivity contribution >= 4 is 29.1 Å². The van der Waals surface area contributed by atoms with Crippen LogP contribution >= 0.6 is 23.2 Å². The molecule has 2 aromatic carbocycles. The van der Waals surface area contributed by atoms with Crippen LogP contribution in [0.15, 0.2) is 42.6 Å². The summed E-state index contributed by atoms with van der Waals surface area (Å²) in [5, 5.41) is 5.52.